The zero-order valence-corrected chi connectivity index (χ0v) is 24.2. The van der Waals surface area contributed by atoms with Gasteiger partial charge in [0.15, 0.2) is 0 Å². The van der Waals surface area contributed by atoms with Gasteiger partial charge in [0.25, 0.3) is 0 Å². The molecular weight excluding hydrogens is 408 g/mol. The molecule has 0 atom stereocenters. The maximum Gasteiger partial charge on any atom is 0.144 e. The van der Waals surface area contributed by atoms with Crippen LogP contribution in [-0.2, 0) is 18.9 Å². The maximum atomic E-state index is 6.31. The fraction of sp³-hybridized carbons (Fsp3) is 1.00. The van der Waals surface area contributed by atoms with E-state index in [4.69, 9.17) is 18.9 Å². The van der Waals surface area contributed by atoms with Crippen LogP contribution in [-0.4, -0.2) is 56.3 Å². The quantitative estimate of drug-likeness (QED) is 0.113. The van der Waals surface area contributed by atoms with E-state index in [0.717, 1.165) is 77.8 Å². The molecule has 0 aliphatic carbocycles. The second-order valence-corrected chi connectivity index (χ2v) is 13.2. The summed E-state index contributed by atoms with van der Waals surface area (Å²) in [4.78, 5) is 0. The van der Waals surface area contributed by atoms with Crippen molar-refractivity contribution in [2.24, 2.45) is 0 Å². The van der Waals surface area contributed by atoms with Crippen LogP contribution in [0.15, 0.2) is 0 Å². The van der Waals surface area contributed by atoms with Crippen LogP contribution in [0.4, 0.5) is 0 Å². The van der Waals surface area contributed by atoms with Gasteiger partial charge < -0.3 is 18.9 Å². The summed E-state index contributed by atoms with van der Waals surface area (Å²) in [5.41, 5.74) is -0.447. The topological polar surface area (TPSA) is 36.9 Å². The Labute approximate surface area is 193 Å². The van der Waals surface area contributed by atoms with Gasteiger partial charge in [-0.05, 0) is 38.5 Å². The Bertz CT molecular complexity index is 319. The summed E-state index contributed by atoms with van der Waals surface area (Å²) in [6.45, 7) is 16.6. The average Bonchev–Trinajstić information content (AvgIpc) is 2.75. The van der Waals surface area contributed by atoms with E-state index < -0.39 is 19.0 Å². The van der Waals surface area contributed by atoms with E-state index >= 15 is 0 Å². The molecule has 0 saturated heterocycles. The molecule has 30 heavy (non-hydrogen) atoms. The molecule has 0 aromatic carbocycles. The molecule has 0 radical (unpaired) electrons. The molecule has 0 spiro atoms. The van der Waals surface area contributed by atoms with Gasteiger partial charge in [0.1, 0.15) is 10.8 Å². The van der Waals surface area contributed by atoms with Gasteiger partial charge in [0, 0.05) is 26.4 Å². The van der Waals surface area contributed by atoms with Gasteiger partial charge in [0.05, 0.1) is 19.0 Å². The highest BCUT2D eigenvalue weighted by molar-refractivity contribution is 6.39. The first-order valence-corrected chi connectivity index (χ1v) is 16.5. The third kappa shape index (κ3) is 13.6. The van der Waals surface area contributed by atoms with Crippen LogP contribution in [0.2, 0.25) is 12.1 Å². The summed E-state index contributed by atoms with van der Waals surface area (Å²) < 4.78 is 25.2. The Morgan fingerprint density at radius 1 is 0.467 bits per heavy atom. The van der Waals surface area contributed by atoms with Crippen molar-refractivity contribution in [3.8, 4) is 0 Å². The normalized spacial score (nSPS) is 13.4. The molecule has 0 saturated carbocycles. The van der Waals surface area contributed by atoms with Gasteiger partial charge >= 0.3 is 0 Å². The number of rotatable bonds is 23. The molecular formula is C24H54O4Si2. The fourth-order valence-corrected chi connectivity index (χ4v) is 8.61. The van der Waals surface area contributed by atoms with E-state index in [0.29, 0.717) is 0 Å². The van der Waals surface area contributed by atoms with Crippen LogP contribution < -0.4 is 0 Å². The molecule has 0 aromatic rings. The minimum Gasteiger partial charge on any atom is -0.354 e. The molecule has 4 nitrogen and oxygen atoms in total. The second-order valence-electron chi connectivity index (χ2n) is 8.63. The van der Waals surface area contributed by atoms with Gasteiger partial charge in [0.2, 0.25) is 0 Å². The van der Waals surface area contributed by atoms with E-state index in [1.807, 2.05) is 0 Å². The molecule has 0 amide bonds. The molecule has 0 aliphatic heterocycles. The zero-order valence-electron chi connectivity index (χ0n) is 21.4. The lowest BCUT2D eigenvalue weighted by Gasteiger charge is -2.35. The van der Waals surface area contributed by atoms with E-state index in [-0.39, 0.29) is 10.8 Å². The highest BCUT2D eigenvalue weighted by Crippen LogP contribution is 2.24. The number of hydrogen-bond acceptors (Lipinski definition) is 4. The summed E-state index contributed by atoms with van der Waals surface area (Å²) in [6.07, 6.45) is 11.3. The van der Waals surface area contributed by atoms with Gasteiger partial charge in [-0.1, -0.05) is 79.3 Å². The highest BCUT2D eigenvalue weighted by Gasteiger charge is 2.32. The highest BCUT2D eigenvalue weighted by atomic mass is 28.2. The Morgan fingerprint density at radius 3 is 1.00 bits per heavy atom. The van der Waals surface area contributed by atoms with Gasteiger partial charge in [-0.25, -0.2) is 0 Å². The molecule has 0 rings (SSSR count). The predicted molar refractivity (Wildman–Crippen MR) is 136 cm³/mol. The predicted octanol–water partition coefficient (Wildman–Crippen LogP) is 5.56. The van der Waals surface area contributed by atoms with Crippen molar-refractivity contribution in [1.82, 2.24) is 0 Å². The Balaban J connectivity index is 4.59. The minimum absolute atomic E-state index is 0.224. The van der Waals surface area contributed by atoms with Crippen molar-refractivity contribution in [2.75, 3.05) is 26.4 Å². The van der Waals surface area contributed by atoms with Crippen LogP contribution in [0.3, 0.4) is 0 Å². The monoisotopic (exact) mass is 462 g/mol. The van der Waals surface area contributed by atoms with Crippen LogP contribution in [0.1, 0.15) is 106 Å². The van der Waals surface area contributed by atoms with Crippen molar-refractivity contribution in [3.63, 3.8) is 0 Å². The molecule has 182 valence electrons. The zero-order chi connectivity index (χ0) is 22.6. The van der Waals surface area contributed by atoms with Crippen LogP contribution >= 0.6 is 0 Å². The third-order valence-corrected chi connectivity index (χ3v) is 10.2. The fourth-order valence-electron chi connectivity index (χ4n) is 3.97. The van der Waals surface area contributed by atoms with E-state index in [2.05, 4.69) is 41.5 Å². The van der Waals surface area contributed by atoms with E-state index in [1.54, 1.807) is 0 Å². The Morgan fingerprint density at radius 2 is 0.767 bits per heavy atom. The minimum atomic E-state index is -0.423. The average molecular weight is 463 g/mol. The molecule has 6 heteroatoms. The van der Waals surface area contributed by atoms with Crippen molar-refractivity contribution in [3.05, 3.63) is 0 Å². The first-order valence-electron chi connectivity index (χ1n) is 13.1. The van der Waals surface area contributed by atoms with Crippen molar-refractivity contribution in [1.29, 1.82) is 0 Å². The molecule has 0 fully saturated rings. The maximum absolute atomic E-state index is 6.31. The van der Waals surface area contributed by atoms with E-state index in [9.17, 15) is 0 Å². The first kappa shape index (κ1) is 30.3. The summed E-state index contributed by atoms with van der Waals surface area (Å²) >= 11 is 0. The standard InChI is InChI=1S/C24H54O4Si2/c1-7-15-23(25-17-9-3,26-18-10-4)29-21-13-14-22-30-24(16-8-2,27-19-11-5)28-20-12-6/h7-22,29-30H2,1-6H3. The largest absolute Gasteiger partial charge is 0.354 e. The molecule has 0 aromatic heterocycles. The lowest BCUT2D eigenvalue weighted by Crippen LogP contribution is -2.43. The molecule has 0 aliphatic rings. The van der Waals surface area contributed by atoms with E-state index in [1.165, 1.54) is 24.9 Å². The third-order valence-electron chi connectivity index (χ3n) is 5.40. The van der Waals surface area contributed by atoms with Gasteiger partial charge in [-0.3, -0.25) is 0 Å². The second kappa shape index (κ2) is 19.9. The van der Waals surface area contributed by atoms with Crippen LogP contribution in [0, 0.1) is 0 Å². The van der Waals surface area contributed by atoms with Crippen LogP contribution in [0.5, 0.6) is 0 Å². The molecule has 0 heterocycles. The summed E-state index contributed by atoms with van der Waals surface area (Å²) in [5.74, 6) is 0. The SMILES string of the molecule is CCCOC(CCC)(OCCC)[SiH2]CCCC[SiH2]C(CCC)(OCCC)OCCC. The van der Waals surface area contributed by atoms with Gasteiger partial charge in [-0.2, -0.15) is 0 Å². The smallest absolute Gasteiger partial charge is 0.144 e. The summed E-state index contributed by atoms with van der Waals surface area (Å²) in [5, 5.41) is 0. The Hall–Kier alpha value is 0.274. The Kier molecular flexibility index (Phi) is 20.1. The number of ether oxygens (including phenoxy) is 4. The number of hydrogen-bond donors (Lipinski definition) is 0. The number of unbranched alkanes of at least 4 members (excludes halogenated alkanes) is 1. The van der Waals surface area contributed by atoms with Crippen LogP contribution in [0.25, 0.3) is 0 Å². The first-order chi connectivity index (χ1) is 14.6. The summed E-state index contributed by atoms with van der Waals surface area (Å²) in [7, 11) is -0.846. The summed E-state index contributed by atoms with van der Waals surface area (Å²) in [6, 6.07) is 2.63. The van der Waals surface area contributed by atoms with Gasteiger partial charge in [-0.15, -0.1) is 0 Å². The van der Waals surface area contributed by atoms with Crippen molar-refractivity contribution < 1.29 is 18.9 Å². The molecule has 0 N–H and O–H groups in total. The lowest BCUT2D eigenvalue weighted by atomic mass is 10.3. The molecule has 0 bridgehead atoms. The molecule has 0 unspecified atom stereocenters. The van der Waals surface area contributed by atoms with Crippen molar-refractivity contribution >= 4 is 19.0 Å². The lowest BCUT2D eigenvalue weighted by molar-refractivity contribution is -0.185. The van der Waals surface area contributed by atoms with Crippen molar-refractivity contribution in [2.45, 2.75) is 129 Å².